The first kappa shape index (κ1) is 21.7. The van der Waals surface area contributed by atoms with E-state index in [1.54, 1.807) is 42.7 Å². The molecule has 1 aliphatic rings. The molecule has 2 aromatic carbocycles. The Hall–Kier alpha value is -3.52. The van der Waals surface area contributed by atoms with Gasteiger partial charge in [-0.1, -0.05) is 34.1 Å². The van der Waals surface area contributed by atoms with Crippen molar-refractivity contribution in [3.8, 4) is 5.75 Å². The molecule has 1 N–H and O–H groups in total. The summed E-state index contributed by atoms with van der Waals surface area (Å²) in [5.74, 6) is -2.74. The average molecular weight is 497 g/mol. The smallest absolute Gasteiger partial charge is 0.295 e. The number of ether oxygens (including phenoxy) is 1. The third kappa shape index (κ3) is 4.01. The zero-order valence-corrected chi connectivity index (χ0v) is 18.5. The van der Waals surface area contributed by atoms with Crippen molar-refractivity contribution in [3.63, 3.8) is 0 Å². The molecule has 162 valence electrons. The van der Waals surface area contributed by atoms with E-state index in [9.17, 15) is 19.1 Å². The van der Waals surface area contributed by atoms with E-state index in [2.05, 4.69) is 20.9 Å². The van der Waals surface area contributed by atoms with Gasteiger partial charge in [0.2, 0.25) is 0 Å². The van der Waals surface area contributed by atoms with Gasteiger partial charge < -0.3 is 14.7 Å². The van der Waals surface area contributed by atoms with E-state index in [-0.39, 0.29) is 23.4 Å². The fourth-order valence-electron chi connectivity index (χ4n) is 3.72. The van der Waals surface area contributed by atoms with Crippen LogP contribution < -0.4 is 4.74 Å². The summed E-state index contributed by atoms with van der Waals surface area (Å²) in [5.41, 5.74) is 1.31. The van der Waals surface area contributed by atoms with Crippen LogP contribution in [0.25, 0.3) is 5.76 Å². The summed E-state index contributed by atoms with van der Waals surface area (Å²) in [5, 5.41) is 11.0. The Morgan fingerprint density at radius 1 is 1.19 bits per heavy atom. The van der Waals surface area contributed by atoms with Crippen molar-refractivity contribution in [1.29, 1.82) is 0 Å². The molecule has 1 aliphatic heterocycles. The van der Waals surface area contributed by atoms with Gasteiger partial charge in [0, 0.05) is 29.0 Å². The normalized spacial score (nSPS) is 17.6. The summed E-state index contributed by atoms with van der Waals surface area (Å²) in [6.45, 7) is 0.114. The number of amides is 1. The van der Waals surface area contributed by atoms with E-state index in [0.29, 0.717) is 5.56 Å². The van der Waals surface area contributed by atoms with Gasteiger partial charge in [0.05, 0.1) is 18.7 Å². The first-order valence-electron chi connectivity index (χ1n) is 9.67. The van der Waals surface area contributed by atoms with Gasteiger partial charge in [0.15, 0.2) is 11.6 Å². The lowest BCUT2D eigenvalue weighted by Gasteiger charge is -2.25. The maximum atomic E-state index is 14.3. The number of hydrogen-bond donors (Lipinski definition) is 1. The number of nitrogens with zero attached hydrogens (tertiary/aromatic N) is 2. The molecule has 32 heavy (non-hydrogen) atoms. The first-order valence-corrected chi connectivity index (χ1v) is 10.5. The number of carbonyl (C=O) groups excluding carboxylic acids is 2. The van der Waals surface area contributed by atoms with Crippen LogP contribution in [0, 0.1) is 5.82 Å². The van der Waals surface area contributed by atoms with Crippen LogP contribution in [-0.2, 0) is 16.1 Å². The number of aliphatic hydroxyl groups excluding tert-OH is 1. The fraction of sp³-hybridized carbons (Fsp3) is 0.125. The molecule has 4 rings (SSSR count). The van der Waals surface area contributed by atoms with E-state index < -0.39 is 29.3 Å². The summed E-state index contributed by atoms with van der Waals surface area (Å²) >= 11 is 3.41. The second-order valence-electron chi connectivity index (χ2n) is 7.19. The van der Waals surface area contributed by atoms with Crippen LogP contribution in [0.15, 0.2) is 77.0 Å². The largest absolute Gasteiger partial charge is 0.507 e. The van der Waals surface area contributed by atoms with Crippen molar-refractivity contribution in [1.82, 2.24) is 9.88 Å². The minimum atomic E-state index is -0.863. The molecule has 0 aliphatic carbocycles. The number of halogens is 2. The van der Waals surface area contributed by atoms with Gasteiger partial charge in [-0.15, -0.1) is 0 Å². The van der Waals surface area contributed by atoms with Crippen LogP contribution in [0.2, 0.25) is 0 Å². The van der Waals surface area contributed by atoms with Gasteiger partial charge in [-0.3, -0.25) is 14.6 Å². The quantitative estimate of drug-likeness (QED) is 0.317. The maximum absolute atomic E-state index is 14.3. The molecule has 8 heteroatoms. The highest BCUT2D eigenvalue weighted by Crippen LogP contribution is 2.41. The van der Waals surface area contributed by atoms with Gasteiger partial charge in [-0.25, -0.2) is 4.39 Å². The molecule has 0 saturated carbocycles. The summed E-state index contributed by atoms with van der Waals surface area (Å²) < 4.78 is 19.9. The molecule has 1 unspecified atom stereocenters. The number of aromatic nitrogens is 1. The molecule has 0 spiro atoms. The standard InChI is InChI=1S/C24H18BrFN2O4/c1-32-19-8-7-16(11-18(19)26)22(29)20-21(15-5-2-6-17(25)10-15)28(24(31)23(20)30)13-14-4-3-9-27-12-14/h2-12,21,29H,13H2,1H3/b22-20+. The number of pyridine rings is 1. The van der Waals surface area contributed by atoms with Crippen LogP contribution in [0.4, 0.5) is 4.39 Å². The van der Waals surface area contributed by atoms with Gasteiger partial charge in [0.1, 0.15) is 5.76 Å². The van der Waals surface area contributed by atoms with Crippen molar-refractivity contribution >= 4 is 33.4 Å². The minimum absolute atomic E-state index is 0.00196. The number of methoxy groups -OCH3 is 1. The molecule has 0 bridgehead atoms. The Bertz CT molecular complexity index is 1230. The third-order valence-corrected chi connectivity index (χ3v) is 5.70. The van der Waals surface area contributed by atoms with E-state index in [0.717, 1.165) is 16.1 Å². The molecule has 1 amide bonds. The highest BCUT2D eigenvalue weighted by atomic mass is 79.9. The van der Waals surface area contributed by atoms with Gasteiger partial charge >= 0.3 is 0 Å². The number of Topliss-reactive ketones (excluding diaryl/α,β-unsaturated/α-hetero) is 1. The maximum Gasteiger partial charge on any atom is 0.295 e. The Morgan fingerprint density at radius 3 is 2.66 bits per heavy atom. The summed E-state index contributed by atoms with van der Waals surface area (Å²) in [6.07, 6.45) is 3.22. The predicted octanol–water partition coefficient (Wildman–Crippen LogP) is 4.61. The van der Waals surface area contributed by atoms with Crippen molar-refractivity contribution < 1.29 is 23.8 Å². The fourth-order valence-corrected chi connectivity index (χ4v) is 4.14. The summed E-state index contributed by atoms with van der Waals surface area (Å²) in [7, 11) is 1.33. The predicted molar refractivity (Wildman–Crippen MR) is 119 cm³/mol. The molecule has 6 nitrogen and oxygen atoms in total. The number of ketones is 1. The molecule has 3 aromatic rings. The molecule has 0 radical (unpaired) electrons. The van der Waals surface area contributed by atoms with Gasteiger partial charge in [0.25, 0.3) is 11.7 Å². The Morgan fingerprint density at radius 2 is 2.00 bits per heavy atom. The lowest BCUT2D eigenvalue weighted by atomic mass is 9.95. The second kappa shape index (κ2) is 8.92. The minimum Gasteiger partial charge on any atom is -0.507 e. The lowest BCUT2D eigenvalue weighted by molar-refractivity contribution is -0.140. The van der Waals surface area contributed by atoms with Crippen LogP contribution in [0.1, 0.15) is 22.7 Å². The zero-order chi connectivity index (χ0) is 22.8. The molecule has 1 saturated heterocycles. The van der Waals surface area contributed by atoms with E-state index >= 15 is 0 Å². The summed E-state index contributed by atoms with van der Waals surface area (Å²) in [4.78, 5) is 31.5. The third-order valence-electron chi connectivity index (χ3n) is 5.21. The van der Waals surface area contributed by atoms with Crippen LogP contribution in [-0.4, -0.2) is 33.8 Å². The first-order chi connectivity index (χ1) is 15.4. The van der Waals surface area contributed by atoms with Crippen LogP contribution >= 0.6 is 15.9 Å². The Balaban J connectivity index is 1.87. The van der Waals surface area contributed by atoms with Crippen molar-refractivity contribution in [2.45, 2.75) is 12.6 Å². The van der Waals surface area contributed by atoms with Crippen LogP contribution in [0.5, 0.6) is 5.75 Å². The SMILES string of the molecule is COc1ccc(/C(O)=C2\C(=O)C(=O)N(Cc3cccnc3)C2c2cccc(Br)c2)cc1F. The van der Waals surface area contributed by atoms with Crippen molar-refractivity contribution in [3.05, 3.63) is 99.5 Å². The zero-order valence-electron chi connectivity index (χ0n) is 17.0. The topological polar surface area (TPSA) is 79.7 Å². The molecular formula is C24H18BrFN2O4. The summed E-state index contributed by atoms with van der Waals surface area (Å²) in [6, 6.07) is 13.6. The Kier molecular flexibility index (Phi) is 6.05. The number of hydrogen-bond acceptors (Lipinski definition) is 5. The number of likely N-dealkylation sites (tertiary alicyclic amines) is 1. The highest BCUT2D eigenvalue weighted by Gasteiger charge is 2.46. The van der Waals surface area contributed by atoms with Crippen LogP contribution in [0.3, 0.4) is 0 Å². The number of benzene rings is 2. The number of aliphatic hydroxyl groups is 1. The van der Waals surface area contributed by atoms with Gasteiger partial charge in [-0.2, -0.15) is 0 Å². The monoisotopic (exact) mass is 496 g/mol. The van der Waals surface area contributed by atoms with Crippen molar-refractivity contribution in [2.24, 2.45) is 0 Å². The average Bonchev–Trinajstić information content (AvgIpc) is 3.04. The van der Waals surface area contributed by atoms with E-state index in [4.69, 9.17) is 4.74 Å². The Labute approximate surface area is 192 Å². The van der Waals surface area contributed by atoms with E-state index in [1.807, 2.05) is 6.07 Å². The van der Waals surface area contributed by atoms with Gasteiger partial charge in [-0.05, 0) is 47.5 Å². The number of rotatable bonds is 5. The molecular weight excluding hydrogens is 479 g/mol. The second-order valence-corrected chi connectivity index (χ2v) is 8.11. The molecule has 1 aromatic heterocycles. The molecule has 1 atom stereocenters. The molecule has 1 fully saturated rings. The molecule has 2 heterocycles. The number of carbonyl (C=O) groups is 2. The van der Waals surface area contributed by atoms with E-state index in [1.165, 1.54) is 24.1 Å². The lowest BCUT2D eigenvalue weighted by Crippen LogP contribution is -2.29. The highest BCUT2D eigenvalue weighted by molar-refractivity contribution is 9.10. The van der Waals surface area contributed by atoms with Crippen molar-refractivity contribution in [2.75, 3.05) is 7.11 Å².